The van der Waals surface area contributed by atoms with Crippen molar-refractivity contribution in [2.24, 2.45) is 5.73 Å². The number of hydrogen-bond donors (Lipinski definition) is 3. The van der Waals surface area contributed by atoms with Crippen molar-refractivity contribution in [1.29, 1.82) is 0 Å². The third kappa shape index (κ3) is 6.26. The van der Waals surface area contributed by atoms with Gasteiger partial charge in [0.25, 0.3) is 5.91 Å². The van der Waals surface area contributed by atoms with Crippen LogP contribution in [-0.2, 0) is 16.1 Å². The van der Waals surface area contributed by atoms with Crippen LogP contribution in [-0.4, -0.2) is 39.8 Å². The quantitative estimate of drug-likeness (QED) is 0.600. The summed E-state index contributed by atoms with van der Waals surface area (Å²) in [7, 11) is 0. The molecule has 7 nitrogen and oxygen atoms in total. The molecule has 2 heterocycles. The summed E-state index contributed by atoms with van der Waals surface area (Å²) in [4.78, 5) is 36.4. The molecule has 1 atom stereocenters. The van der Waals surface area contributed by atoms with E-state index in [2.05, 4.69) is 5.32 Å². The number of rotatable bonds is 1. The first-order valence-corrected chi connectivity index (χ1v) is 10.8. The van der Waals surface area contributed by atoms with Crippen LogP contribution >= 0.6 is 0 Å². The fourth-order valence-corrected chi connectivity index (χ4v) is 3.53. The van der Waals surface area contributed by atoms with Crippen molar-refractivity contribution in [3.8, 4) is 5.75 Å². The number of nitrogens with one attached hydrogen (secondary N) is 1. The first-order valence-electron chi connectivity index (χ1n) is 10.8. The van der Waals surface area contributed by atoms with E-state index in [1.165, 1.54) is 36.6 Å². The van der Waals surface area contributed by atoms with E-state index in [0.29, 0.717) is 11.6 Å². The summed E-state index contributed by atoms with van der Waals surface area (Å²) >= 11 is 0. The molecule has 8 heteroatoms. The molecule has 1 unspecified atom stereocenters. The van der Waals surface area contributed by atoms with E-state index in [4.69, 9.17) is 5.73 Å². The number of piperidine rings is 1. The van der Waals surface area contributed by atoms with Crippen LogP contribution in [0.4, 0.5) is 4.39 Å². The number of phenols is 1. The molecule has 1 saturated carbocycles. The van der Waals surface area contributed by atoms with Crippen LogP contribution in [0.25, 0.3) is 0 Å². The highest BCUT2D eigenvalue weighted by Gasteiger charge is 2.39. The number of benzene rings is 1. The SMILES string of the molecule is CC.CC.NC1CCCC1.O=C1CCC(N2Cc3cc(O)c(F)cc3C2=O)C(=O)N1. The highest BCUT2D eigenvalue weighted by atomic mass is 19.1. The van der Waals surface area contributed by atoms with Gasteiger partial charge in [-0.2, -0.15) is 0 Å². The second kappa shape index (κ2) is 12.3. The van der Waals surface area contributed by atoms with Crippen molar-refractivity contribution in [3.05, 3.63) is 29.1 Å². The van der Waals surface area contributed by atoms with Gasteiger partial charge in [-0.25, -0.2) is 4.39 Å². The molecular formula is C22H34FN3O4. The summed E-state index contributed by atoms with van der Waals surface area (Å²) in [6.45, 7) is 8.12. The molecule has 0 bridgehead atoms. The fraction of sp³-hybridized carbons (Fsp3) is 0.591. The molecule has 30 heavy (non-hydrogen) atoms. The lowest BCUT2D eigenvalue weighted by atomic mass is 10.0. The predicted molar refractivity (Wildman–Crippen MR) is 113 cm³/mol. The number of fused-ring (bicyclic) bond motifs is 1. The van der Waals surface area contributed by atoms with Crippen molar-refractivity contribution >= 4 is 17.7 Å². The minimum atomic E-state index is -0.873. The Balaban J connectivity index is 0.000000378. The molecule has 2 aliphatic heterocycles. The largest absolute Gasteiger partial charge is 0.505 e. The lowest BCUT2D eigenvalue weighted by molar-refractivity contribution is -0.136. The van der Waals surface area contributed by atoms with Crippen molar-refractivity contribution in [2.75, 3.05) is 0 Å². The normalized spacial score (nSPS) is 20.1. The first kappa shape index (κ1) is 25.6. The minimum absolute atomic E-state index is 0.119. The highest BCUT2D eigenvalue weighted by molar-refractivity contribution is 6.05. The molecule has 0 aromatic heterocycles. The minimum Gasteiger partial charge on any atom is -0.505 e. The smallest absolute Gasteiger partial charge is 0.255 e. The van der Waals surface area contributed by atoms with Gasteiger partial charge >= 0.3 is 0 Å². The predicted octanol–water partition coefficient (Wildman–Crippen LogP) is 3.23. The summed E-state index contributed by atoms with van der Waals surface area (Å²) in [6, 6.07) is 1.97. The molecule has 2 fully saturated rings. The van der Waals surface area contributed by atoms with Gasteiger partial charge in [0.2, 0.25) is 11.8 Å². The lowest BCUT2D eigenvalue weighted by Gasteiger charge is -2.29. The zero-order chi connectivity index (χ0) is 22.8. The number of amides is 3. The monoisotopic (exact) mass is 423 g/mol. The number of carbonyl (C=O) groups is 3. The van der Waals surface area contributed by atoms with Gasteiger partial charge in [0.15, 0.2) is 11.6 Å². The second-order valence-electron chi connectivity index (χ2n) is 6.91. The number of phenolic OH excluding ortho intramolecular Hbond substituents is 1. The van der Waals surface area contributed by atoms with Gasteiger partial charge in [0.05, 0.1) is 0 Å². The maximum Gasteiger partial charge on any atom is 0.255 e. The van der Waals surface area contributed by atoms with Gasteiger partial charge in [-0.1, -0.05) is 40.5 Å². The molecule has 0 spiro atoms. The molecular weight excluding hydrogens is 389 g/mol. The number of imide groups is 1. The van der Waals surface area contributed by atoms with Crippen molar-refractivity contribution in [3.63, 3.8) is 0 Å². The van der Waals surface area contributed by atoms with E-state index in [1.807, 2.05) is 27.7 Å². The average Bonchev–Trinajstić information content (AvgIpc) is 3.34. The molecule has 4 rings (SSSR count). The van der Waals surface area contributed by atoms with Crippen LogP contribution in [0.5, 0.6) is 5.75 Å². The van der Waals surface area contributed by atoms with E-state index in [1.54, 1.807) is 0 Å². The Morgan fingerprint density at radius 1 is 1.07 bits per heavy atom. The average molecular weight is 424 g/mol. The fourth-order valence-electron chi connectivity index (χ4n) is 3.53. The molecule has 1 aliphatic carbocycles. The first-order chi connectivity index (χ1) is 14.4. The van der Waals surface area contributed by atoms with E-state index in [0.717, 1.165) is 6.07 Å². The Labute approximate surface area is 177 Å². The van der Waals surface area contributed by atoms with Gasteiger partial charge in [0, 0.05) is 24.6 Å². The van der Waals surface area contributed by atoms with Gasteiger partial charge in [-0.3, -0.25) is 19.7 Å². The topological polar surface area (TPSA) is 113 Å². The molecule has 1 saturated heterocycles. The van der Waals surface area contributed by atoms with Crippen molar-refractivity contribution in [1.82, 2.24) is 10.2 Å². The maximum absolute atomic E-state index is 13.3. The molecule has 1 aromatic carbocycles. The summed E-state index contributed by atoms with van der Waals surface area (Å²) in [5.41, 5.74) is 6.15. The van der Waals surface area contributed by atoms with Gasteiger partial charge < -0.3 is 15.7 Å². The molecule has 3 amide bonds. The maximum atomic E-state index is 13.3. The van der Waals surface area contributed by atoms with Crippen LogP contribution in [0.2, 0.25) is 0 Å². The van der Waals surface area contributed by atoms with Gasteiger partial charge in [-0.05, 0) is 37.0 Å². The highest BCUT2D eigenvalue weighted by Crippen LogP contribution is 2.31. The van der Waals surface area contributed by atoms with E-state index in [9.17, 15) is 23.9 Å². The van der Waals surface area contributed by atoms with E-state index < -0.39 is 29.4 Å². The van der Waals surface area contributed by atoms with Gasteiger partial charge in [-0.15, -0.1) is 0 Å². The number of nitrogens with two attached hydrogens (primary N) is 1. The molecule has 3 aliphatic rings. The Morgan fingerprint density at radius 2 is 1.67 bits per heavy atom. The van der Waals surface area contributed by atoms with Crippen LogP contribution in [0.1, 0.15) is 82.1 Å². The van der Waals surface area contributed by atoms with Crippen LogP contribution in [0.3, 0.4) is 0 Å². The Bertz CT molecular complexity index is 748. The standard InChI is InChI=1S/C13H11FN2O4.C5H11N.2C2H6/c14-8-4-7-6(3-10(8)17)5-16(13(7)20)9-1-2-11(18)15-12(9)19;6-5-3-1-2-4-5;2*1-2/h3-4,9,17H,1-2,5H2,(H,15,18,19);5H,1-4,6H2;2*1-2H3. The van der Waals surface area contributed by atoms with Crippen LogP contribution < -0.4 is 11.1 Å². The Hall–Kier alpha value is -2.48. The van der Waals surface area contributed by atoms with Gasteiger partial charge in [0.1, 0.15) is 6.04 Å². The number of hydrogen-bond acceptors (Lipinski definition) is 5. The second-order valence-corrected chi connectivity index (χ2v) is 6.91. The van der Waals surface area contributed by atoms with Crippen LogP contribution in [0, 0.1) is 5.82 Å². The molecule has 0 radical (unpaired) electrons. The zero-order valence-electron chi connectivity index (χ0n) is 18.3. The van der Waals surface area contributed by atoms with E-state index in [-0.39, 0.29) is 30.9 Å². The summed E-state index contributed by atoms with van der Waals surface area (Å²) in [6.07, 6.45) is 5.66. The number of carbonyl (C=O) groups excluding carboxylic acids is 3. The Morgan fingerprint density at radius 3 is 2.17 bits per heavy atom. The van der Waals surface area contributed by atoms with Crippen molar-refractivity contribution < 1.29 is 23.9 Å². The van der Waals surface area contributed by atoms with Crippen molar-refractivity contribution in [2.45, 2.75) is 84.8 Å². The van der Waals surface area contributed by atoms with E-state index >= 15 is 0 Å². The molecule has 4 N–H and O–H groups in total. The third-order valence-electron chi connectivity index (χ3n) is 4.99. The number of nitrogens with zero attached hydrogens (tertiary/aromatic N) is 1. The Kier molecular flexibility index (Phi) is 10.5. The lowest BCUT2D eigenvalue weighted by Crippen LogP contribution is -2.52. The molecule has 168 valence electrons. The summed E-state index contributed by atoms with van der Waals surface area (Å²) in [5, 5.41) is 11.5. The number of aromatic hydroxyl groups is 1. The summed E-state index contributed by atoms with van der Waals surface area (Å²) in [5.74, 6) is -2.75. The third-order valence-corrected chi connectivity index (χ3v) is 4.99. The zero-order valence-corrected chi connectivity index (χ0v) is 18.3. The molecule has 1 aromatic rings. The number of halogens is 1. The summed E-state index contributed by atoms with van der Waals surface area (Å²) < 4.78 is 13.3. The van der Waals surface area contributed by atoms with Crippen LogP contribution in [0.15, 0.2) is 12.1 Å².